The number of sulfonamides is 1. The summed E-state index contributed by atoms with van der Waals surface area (Å²) in [4.78, 5) is 10.9. The Morgan fingerprint density at radius 1 is 1.25 bits per heavy atom. The van der Waals surface area contributed by atoms with Crippen LogP contribution in [0.15, 0.2) is 29.2 Å². The molecular formula is C13H19N3O3S. The fraction of sp³-hybridized carbons (Fsp3) is 0.462. The molecule has 0 aliphatic heterocycles. The standard InChI is InChI=1S/C13H19N3O3S/c14-13(17)2-1-9-15-10-5-7-12(8-6-10)20(18,19)16-11-3-4-11/h5-8,11,15-16H,1-4,9H2,(H2,14,17). The first-order chi connectivity index (χ1) is 9.47. The minimum Gasteiger partial charge on any atom is -0.385 e. The molecule has 7 heteroatoms. The van der Waals surface area contributed by atoms with E-state index in [1.54, 1.807) is 24.3 Å². The highest BCUT2D eigenvalue weighted by Gasteiger charge is 2.27. The van der Waals surface area contributed by atoms with E-state index in [4.69, 9.17) is 5.73 Å². The molecule has 20 heavy (non-hydrogen) atoms. The Labute approximate surface area is 118 Å². The summed E-state index contributed by atoms with van der Waals surface area (Å²) < 4.78 is 26.5. The number of hydrogen-bond donors (Lipinski definition) is 3. The van der Waals surface area contributed by atoms with Gasteiger partial charge in [-0.15, -0.1) is 0 Å². The molecule has 1 aliphatic carbocycles. The summed E-state index contributed by atoms with van der Waals surface area (Å²) in [5.74, 6) is -0.320. The van der Waals surface area contributed by atoms with Gasteiger partial charge >= 0.3 is 0 Å². The van der Waals surface area contributed by atoms with Crippen LogP contribution >= 0.6 is 0 Å². The minimum atomic E-state index is -3.39. The number of carbonyl (C=O) groups excluding carboxylic acids is 1. The lowest BCUT2D eigenvalue weighted by Crippen LogP contribution is -2.25. The maximum Gasteiger partial charge on any atom is 0.240 e. The molecule has 0 unspecified atom stereocenters. The molecule has 6 nitrogen and oxygen atoms in total. The summed E-state index contributed by atoms with van der Waals surface area (Å²) in [5.41, 5.74) is 5.86. The van der Waals surface area contributed by atoms with Crippen LogP contribution < -0.4 is 15.8 Å². The number of carbonyl (C=O) groups is 1. The lowest BCUT2D eigenvalue weighted by molar-refractivity contribution is -0.118. The van der Waals surface area contributed by atoms with Crippen molar-refractivity contribution in [1.82, 2.24) is 4.72 Å². The van der Waals surface area contributed by atoms with Crippen LogP contribution in [0, 0.1) is 0 Å². The molecule has 4 N–H and O–H groups in total. The van der Waals surface area contributed by atoms with Gasteiger partial charge in [-0.05, 0) is 43.5 Å². The van der Waals surface area contributed by atoms with E-state index in [0.717, 1.165) is 18.5 Å². The van der Waals surface area contributed by atoms with E-state index in [0.29, 0.717) is 19.4 Å². The van der Waals surface area contributed by atoms with Crippen LogP contribution in [-0.2, 0) is 14.8 Å². The van der Waals surface area contributed by atoms with Crippen molar-refractivity contribution >= 4 is 21.6 Å². The third-order valence-corrected chi connectivity index (χ3v) is 4.53. The Morgan fingerprint density at radius 2 is 1.90 bits per heavy atom. The molecule has 110 valence electrons. The Morgan fingerprint density at radius 3 is 2.45 bits per heavy atom. The summed E-state index contributed by atoms with van der Waals surface area (Å²) in [6.07, 6.45) is 2.82. The molecule has 1 saturated carbocycles. The quantitative estimate of drug-likeness (QED) is 0.618. The smallest absolute Gasteiger partial charge is 0.240 e. The monoisotopic (exact) mass is 297 g/mol. The molecule has 1 aromatic rings. The van der Waals surface area contributed by atoms with Crippen LogP contribution in [0.4, 0.5) is 5.69 Å². The molecular weight excluding hydrogens is 278 g/mol. The van der Waals surface area contributed by atoms with E-state index in [9.17, 15) is 13.2 Å². The number of nitrogens with one attached hydrogen (secondary N) is 2. The van der Waals surface area contributed by atoms with E-state index in [-0.39, 0.29) is 16.8 Å². The van der Waals surface area contributed by atoms with Crippen molar-refractivity contribution in [3.05, 3.63) is 24.3 Å². The number of benzene rings is 1. The lowest BCUT2D eigenvalue weighted by atomic mass is 10.2. The molecule has 0 bridgehead atoms. The predicted molar refractivity (Wildman–Crippen MR) is 76.7 cm³/mol. The summed E-state index contributed by atoms with van der Waals surface area (Å²) in [7, 11) is -3.39. The average Bonchev–Trinajstić information content (AvgIpc) is 3.18. The number of amides is 1. The van der Waals surface area contributed by atoms with Crippen molar-refractivity contribution in [2.75, 3.05) is 11.9 Å². The molecule has 1 fully saturated rings. The highest BCUT2D eigenvalue weighted by Crippen LogP contribution is 2.22. The number of nitrogens with two attached hydrogens (primary N) is 1. The number of primary amides is 1. The minimum absolute atomic E-state index is 0.103. The van der Waals surface area contributed by atoms with E-state index >= 15 is 0 Å². The second-order valence-corrected chi connectivity index (χ2v) is 6.63. The van der Waals surface area contributed by atoms with Gasteiger partial charge in [-0.1, -0.05) is 0 Å². The maximum absolute atomic E-state index is 11.9. The molecule has 1 aromatic carbocycles. The van der Waals surface area contributed by atoms with Gasteiger partial charge < -0.3 is 11.1 Å². The summed E-state index contributed by atoms with van der Waals surface area (Å²) in [5, 5.41) is 3.11. The zero-order chi connectivity index (χ0) is 14.6. The van der Waals surface area contributed by atoms with Crippen molar-refractivity contribution in [3.63, 3.8) is 0 Å². The summed E-state index contributed by atoms with van der Waals surface area (Å²) in [6.45, 7) is 0.620. The first-order valence-corrected chi connectivity index (χ1v) is 8.10. The van der Waals surface area contributed by atoms with Gasteiger partial charge in [0.25, 0.3) is 0 Å². The Balaban J connectivity index is 1.87. The van der Waals surface area contributed by atoms with Gasteiger partial charge in [0.15, 0.2) is 0 Å². The highest BCUT2D eigenvalue weighted by atomic mass is 32.2. The van der Waals surface area contributed by atoms with Gasteiger partial charge in [0, 0.05) is 24.7 Å². The predicted octanol–water partition coefficient (Wildman–Crippen LogP) is 0.805. The van der Waals surface area contributed by atoms with Crippen LogP contribution in [-0.4, -0.2) is 26.9 Å². The van der Waals surface area contributed by atoms with Gasteiger partial charge in [-0.25, -0.2) is 13.1 Å². The molecule has 0 spiro atoms. The van der Waals surface area contributed by atoms with E-state index in [1.165, 1.54) is 0 Å². The van der Waals surface area contributed by atoms with Gasteiger partial charge in [0.05, 0.1) is 4.90 Å². The largest absolute Gasteiger partial charge is 0.385 e. The molecule has 2 rings (SSSR count). The second kappa shape index (κ2) is 6.23. The van der Waals surface area contributed by atoms with Gasteiger partial charge in [0.2, 0.25) is 15.9 Å². The molecule has 1 amide bonds. The molecule has 0 heterocycles. The van der Waals surface area contributed by atoms with Crippen LogP contribution in [0.25, 0.3) is 0 Å². The van der Waals surface area contributed by atoms with E-state index in [2.05, 4.69) is 10.0 Å². The van der Waals surface area contributed by atoms with Crippen LogP contribution in [0.2, 0.25) is 0 Å². The zero-order valence-electron chi connectivity index (χ0n) is 11.1. The molecule has 1 aliphatic rings. The van der Waals surface area contributed by atoms with Crippen molar-refractivity contribution in [2.45, 2.75) is 36.6 Å². The number of anilines is 1. The van der Waals surface area contributed by atoms with Crippen LogP contribution in [0.3, 0.4) is 0 Å². The molecule has 0 atom stereocenters. The SMILES string of the molecule is NC(=O)CCCNc1ccc(S(=O)(=O)NC2CC2)cc1. The third-order valence-electron chi connectivity index (χ3n) is 2.99. The molecule has 0 saturated heterocycles. The van der Waals surface area contributed by atoms with Crippen LogP contribution in [0.5, 0.6) is 0 Å². The first kappa shape index (κ1) is 14.8. The maximum atomic E-state index is 11.9. The fourth-order valence-corrected chi connectivity index (χ4v) is 3.04. The van der Waals surface area contributed by atoms with Gasteiger partial charge in [0.1, 0.15) is 0 Å². The zero-order valence-corrected chi connectivity index (χ0v) is 11.9. The van der Waals surface area contributed by atoms with Gasteiger partial charge in [-0.2, -0.15) is 0 Å². The Hall–Kier alpha value is -1.60. The van der Waals surface area contributed by atoms with Crippen molar-refractivity contribution in [2.24, 2.45) is 5.73 Å². The van der Waals surface area contributed by atoms with Gasteiger partial charge in [-0.3, -0.25) is 4.79 Å². The first-order valence-electron chi connectivity index (χ1n) is 6.62. The number of hydrogen-bond acceptors (Lipinski definition) is 4. The summed E-state index contributed by atoms with van der Waals surface area (Å²) in [6, 6.07) is 6.67. The van der Waals surface area contributed by atoms with Crippen LogP contribution in [0.1, 0.15) is 25.7 Å². The van der Waals surface area contributed by atoms with Crippen molar-refractivity contribution in [1.29, 1.82) is 0 Å². The summed E-state index contributed by atoms with van der Waals surface area (Å²) >= 11 is 0. The molecule has 0 radical (unpaired) electrons. The Bertz CT molecular complexity index is 565. The van der Waals surface area contributed by atoms with Crippen molar-refractivity contribution < 1.29 is 13.2 Å². The van der Waals surface area contributed by atoms with E-state index in [1.807, 2.05) is 0 Å². The normalized spacial score (nSPS) is 15.0. The Kier molecular flexibility index (Phi) is 4.61. The average molecular weight is 297 g/mol. The second-order valence-electron chi connectivity index (χ2n) is 4.92. The van der Waals surface area contributed by atoms with E-state index < -0.39 is 10.0 Å². The van der Waals surface area contributed by atoms with Crippen molar-refractivity contribution in [3.8, 4) is 0 Å². The fourth-order valence-electron chi connectivity index (χ4n) is 1.74. The third kappa shape index (κ3) is 4.50. The molecule has 0 aromatic heterocycles. The number of rotatable bonds is 8. The highest BCUT2D eigenvalue weighted by molar-refractivity contribution is 7.89. The lowest BCUT2D eigenvalue weighted by Gasteiger charge is -2.08. The topological polar surface area (TPSA) is 101 Å².